The Bertz CT molecular complexity index is 2060. The number of hydrogen-bond acceptors (Lipinski definition) is 8. The van der Waals surface area contributed by atoms with Crippen LogP contribution in [0.5, 0.6) is 0 Å². The van der Waals surface area contributed by atoms with Crippen molar-refractivity contribution in [2.75, 3.05) is 47.5 Å². The van der Waals surface area contributed by atoms with Crippen LogP contribution in [-0.4, -0.2) is 82.3 Å². The van der Waals surface area contributed by atoms with Gasteiger partial charge in [0.2, 0.25) is 0 Å². The van der Waals surface area contributed by atoms with Gasteiger partial charge in [-0.1, -0.05) is 359 Å². The largest absolute Gasteiger partial charge is 0.545 e. The molecule has 0 aliphatic heterocycles. The van der Waals surface area contributed by atoms with Gasteiger partial charge in [-0.2, -0.15) is 0 Å². The van der Waals surface area contributed by atoms with Crippen molar-refractivity contribution in [2.45, 2.75) is 360 Å². The lowest BCUT2D eigenvalue weighted by Gasteiger charge is -2.26. The quantitative estimate of drug-likeness (QED) is 0.0195. The number of rotatable bonds is 74. The Morgan fingerprint density at radius 3 is 0.825 bits per heavy atom. The van der Waals surface area contributed by atoms with Crippen LogP contribution in [0.1, 0.15) is 348 Å². The zero-order valence-corrected chi connectivity index (χ0v) is 63.7. The number of aliphatic carboxylic acids is 1. The molecule has 0 aromatic carbocycles. The number of carbonyl (C=O) groups is 3. The maximum Gasteiger partial charge on any atom is 0.306 e. The Balaban J connectivity index is 4.01. The molecule has 0 aromatic rings. The normalized spacial score (nSPS) is 13.4. The molecule has 0 bridgehead atoms. The Hall–Kier alpha value is -4.57. The summed E-state index contributed by atoms with van der Waals surface area (Å²) in [7, 11) is 5.94. The highest BCUT2D eigenvalue weighted by molar-refractivity contribution is 5.70. The van der Waals surface area contributed by atoms with Gasteiger partial charge in [0.1, 0.15) is 13.2 Å². The van der Waals surface area contributed by atoms with Crippen molar-refractivity contribution < 1.29 is 42.9 Å². The lowest BCUT2D eigenvalue weighted by Crippen LogP contribution is -2.44. The number of nitrogens with zero attached hydrogens (tertiary/aromatic N) is 1. The molecule has 0 amide bonds. The van der Waals surface area contributed by atoms with Gasteiger partial charge in [-0.3, -0.25) is 9.59 Å². The van der Waals surface area contributed by atoms with Crippen LogP contribution >= 0.6 is 0 Å². The Kier molecular flexibility index (Phi) is 73.5. The first kappa shape index (κ1) is 92.4. The second-order valence-electron chi connectivity index (χ2n) is 27.9. The molecule has 0 saturated carbocycles. The fraction of sp³-hybridized carbons (Fsp3) is 0.716. The highest BCUT2D eigenvalue weighted by atomic mass is 16.7. The number of carboxylic acids is 1. The Labute approximate surface area is 599 Å². The molecule has 0 spiro atoms. The molecule has 2 atom stereocenters. The van der Waals surface area contributed by atoms with Crippen LogP contribution in [-0.2, 0) is 33.3 Å². The van der Waals surface area contributed by atoms with E-state index in [9.17, 15) is 19.5 Å². The van der Waals surface area contributed by atoms with Crippen LogP contribution in [0.4, 0.5) is 0 Å². The fourth-order valence-electron chi connectivity index (χ4n) is 11.3. The predicted octanol–water partition coefficient (Wildman–Crippen LogP) is 24.7. The molecular weight excluding hydrogens is 1200 g/mol. The minimum atomic E-state index is -1.63. The van der Waals surface area contributed by atoms with Gasteiger partial charge in [0.25, 0.3) is 0 Å². The van der Waals surface area contributed by atoms with E-state index in [0.717, 1.165) is 103 Å². The zero-order valence-electron chi connectivity index (χ0n) is 63.7. The van der Waals surface area contributed by atoms with E-state index in [0.29, 0.717) is 23.9 Å². The first-order valence-corrected chi connectivity index (χ1v) is 40.3. The summed E-state index contributed by atoms with van der Waals surface area (Å²) >= 11 is 0. The monoisotopic (exact) mass is 1350 g/mol. The summed E-state index contributed by atoms with van der Waals surface area (Å²) < 4.78 is 22.9. The van der Waals surface area contributed by atoms with Crippen molar-refractivity contribution in [1.82, 2.24) is 0 Å². The molecule has 556 valence electrons. The summed E-state index contributed by atoms with van der Waals surface area (Å²) in [4.78, 5) is 37.6. The second kappa shape index (κ2) is 77.2. The van der Waals surface area contributed by atoms with Crippen molar-refractivity contribution >= 4 is 17.9 Å². The third-order valence-corrected chi connectivity index (χ3v) is 17.4. The first-order chi connectivity index (χ1) is 47.6. The second-order valence-corrected chi connectivity index (χ2v) is 27.9. The van der Waals surface area contributed by atoms with E-state index < -0.39 is 24.3 Å². The number of likely N-dealkylation sites (N-methyl/N-ethyl adjacent to an activating group) is 1. The maximum atomic E-state index is 13.0. The molecule has 97 heavy (non-hydrogen) atoms. The minimum Gasteiger partial charge on any atom is -0.545 e. The molecule has 9 heteroatoms. The average Bonchev–Trinajstić information content (AvgIpc) is 3.11. The topological polar surface area (TPSA) is 111 Å². The Morgan fingerprint density at radius 1 is 0.309 bits per heavy atom. The number of allylic oxidation sites excluding steroid dienone is 22. The summed E-state index contributed by atoms with van der Waals surface area (Å²) in [5.41, 5.74) is 0. The number of unbranched alkanes of at least 4 members (excludes halogenated alkanes) is 37. The predicted molar refractivity (Wildman–Crippen MR) is 416 cm³/mol. The average molecular weight is 1350 g/mol. The molecule has 0 aliphatic rings. The van der Waals surface area contributed by atoms with E-state index in [1.54, 1.807) is 0 Å². The molecule has 0 rings (SSSR count). The lowest BCUT2D eigenvalue weighted by molar-refractivity contribution is -0.870. The van der Waals surface area contributed by atoms with Crippen molar-refractivity contribution in [2.24, 2.45) is 0 Å². The molecule has 9 nitrogen and oxygen atoms in total. The summed E-state index contributed by atoms with van der Waals surface area (Å²) in [5.74, 6) is -2.27. The van der Waals surface area contributed by atoms with Gasteiger partial charge in [-0.25, -0.2) is 0 Å². The van der Waals surface area contributed by atoms with E-state index >= 15 is 0 Å². The number of hydrogen-bond donors (Lipinski definition) is 0. The fourth-order valence-corrected chi connectivity index (χ4v) is 11.3. The van der Waals surface area contributed by atoms with Gasteiger partial charge in [-0.15, -0.1) is 0 Å². The third kappa shape index (κ3) is 78.6. The standard InChI is InChI=1S/C88H151NO8/c1-6-8-10-12-14-16-18-20-22-24-26-28-30-32-34-36-38-40-42-43-45-47-49-51-53-55-57-59-61-63-65-67-69-71-73-75-77-79-86(91)97-84(83-96-88(87(92)93)94-81-80-89(3,4)5)82-95-85(90)78-76-74-72-70-68-66-64-62-60-58-56-54-52-50-48-46-44-41-39-37-35-33-31-29-27-25-23-21-19-17-15-13-11-9-7-2/h8-11,14-17,20-23,26-29,32-35,38,40,84,88H,6-7,12-13,18-19,24-25,30-31,36-37,39,41-83H2,1-5H3/b10-8-,11-9-,16-14-,17-15-,22-20-,23-21-,28-26-,29-27-,34-32-,35-33-,40-38-. The molecule has 2 unspecified atom stereocenters. The van der Waals surface area contributed by atoms with Gasteiger partial charge >= 0.3 is 11.9 Å². The van der Waals surface area contributed by atoms with E-state index in [1.807, 2.05) is 21.1 Å². The molecule has 0 aromatic heterocycles. The van der Waals surface area contributed by atoms with Crippen LogP contribution in [0.3, 0.4) is 0 Å². The van der Waals surface area contributed by atoms with Gasteiger partial charge in [0.05, 0.1) is 40.3 Å². The number of esters is 2. The van der Waals surface area contributed by atoms with Crippen LogP contribution in [0.15, 0.2) is 134 Å². The Morgan fingerprint density at radius 2 is 0.557 bits per heavy atom. The van der Waals surface area contributed by atoms with Gasteiger partial charge in [0, 0.05) is 12.8 Å². The molecule has 0 fully saturated rings. The van der Waals surface area contributed by atoms with Crippen molar-refractivity contribution in [1.29, 1.82) is 0 Å². The summed E-state index contributed by atoms with van der Waals surface area (Å²) in [6.45, 7) is 4.56. The van der Waals surface area contributed by atoms with Crippen LogP contribution in [0.25, 0.3) is 0 Å². The van der Waals surface area contributed by atoms with Crippen molar-refractivity contribution in [3.63, 3.8) is 0 Å². The van der Waals surface area contributed by atoms with Crippen molar-refractivity contribution in [3.8, 4) is 0 Å². The molecular formula is C88H151NO8. The highest BCUT2D eigenvalue weighted by Gasteiger charge is 2.22. The molecule has 0 saturated heterocycles. The number of carboxylic acid groups (broad SMARTS) is 1. The van der Waals surface area contributed by atoms with Crippen LogP contribution in [0, 0.1) is 0 Å². The lowest BCUT2D eigenvalue weighted by atomic mass is 10.0. The smallest absolute Gasteiger partial charge is 0.306 e. The zero-order chi connectivity index (χ0) is 70.4. The first-order valence-electron chi connectivity index (χ1n) is 40.3. The molecule has 0 N–H and O–H groups in total. The number of carbonyl (C=O) groups excluding carboxylic acids is 3. The SMILES string of the molecule is CC/C=C\C/C=C\C/C=C\C/C=C\C/C=C\C/C=C\CCCCCCCCCCCCCCCCCCCCC(=O)OC(COC(=O)CCCCCCCCCCCCCCCCCCCCC/C=C\C/C=C\C/C=C\C/C=C\C/C=C\CC)COC(OCC[N+](C)(C)C)C(=O)[O-]. The van der Waals surface area contributed by atoms with Gasteiger partial charge < -0.3 is 33.3 Å². The van der Waals surface area contributed by atoms with E-state index in [-0.39, 0.29) is 32.2 Å². The van der Waals surface area contributed by atoms with Gasteiger partial charge in [0.15, 0.2) is 12.4 Å². The van der Waals surface area contributed by atoms with E-state index in [1.165, 1.54) is 212 Å². The van der Waals surface area contributed by atoms with Crippen molar-refractivity contribution in [3.05, 3.63) is 134 Å². The van der Waals surface area contributed by atoms with Crippen LogP contribution in [0.2, 0.25) is 0 Å². The highest BCUT2D eigenvalue weighted by Crippen LogP contribution is 2.19. The summed E-state index contributed by atoms with van der Waals surface area (Å²) in [6.07, 6.45) is 109. The van der Waals surface area contributed by atoms with E-state index in [4.69, 9.17) is 18.9 Å². The van der Waals surface area contributed by atoms with Crippen LogP contribution < -0.4 is 5.11 Å². The summed E-state index contributed by atoms with van der Waals surface area (Å²) in [5, 5.41) is 11.9. The third-order valence-electron chi connectivity index (χ3n) is 17.4. The molecule has 0 heterocycles. The maximum absolute atomic E-state index is 13.0. The van der Waals surface area contributed by atoms with Gasteiger partial charge in [-0.05, 0) is 109 Å². The molecule has 0 radical (unpaired) electrons. The number of ether oxygens (including phenoxy) is 4. The van der Waals surface area contributed by atoms with E-state index in [2.05, 4.69) is 148 Å². The summed E-state index contributed by atoms with van der Waals surface area (Å²) in [6, 6.07) is 0. The molecule has 0 aliphatic carbocycles. The minimum absolute atomic E-state index is 0.146. The number of quaternary nitrogens is 1.